The van der Waals surface area contributed by atoms with E-state index in [2.05, 4.69) is 6.08 Å². The molecule has 2 atom stereocenters. The average molecular weight is 235 g/mol. The van der Waals surface area contributed by atoms with Crippen LogP contribution in [0.15, 0.2) is 30.4 Å². The van der Waals surface area contributed by atoms with Crippen molar-refractivity contribution in [3.8, 4) is 5.75 Å². The van der Waals surface area contributed by atoms with Gasteiger partial charge in [-0.1, -0.05) is 12.1 Å². The highest BCUT2D eigenvalue weighted by Gasteiger charge is 2.13. The molecule has 0 radical (unpaired) electrons. The van der Waals surface area contributed by atoms with Gasteiger partial charge in [0.2, 0.25) is 0 Å². The van der Waals surface area contributed by atoms with Crippen LogP contribution in [0.4, 0.5) is 4.39 Å². The molecular formula is C14H18FNO. The van der Waals surface area contributed by atoms with Gasteiger partial charge in [0, 0.05) is 6.04 Å². The lowest BCUT2D eigenvalue weighted by Gasteiger charge is -2.19. The maximum atomic E-state index is 13.8. The predicted molar refractivity (Wildman–Crippen MR) is 66.4 cm³/mol. The van der Waals surface area contributed by atoms with Crippen LogP contribution in [-0.2, 0) is 0 Å². The topological polar surface area (TPSA) is 35.2 Å². The van der Waals surface area contributed by atoms with Gasteiger partial charge in [-0.15, -0.1) is 0 Å². The first-order valence-electron chi connectivity index (χ1n) is 6.05. The Hall–Kier alpha value is -1.35. The summed E-state index contributed by atoms with van der Waals surface area (Å²) in [7, 11) is 0. The molecule has 0 saturated heterocycles. The third-order valence-electron chi connectivity index (χ3n) is 2.97. The first-order valence-corrected chi connectivity index (χ1v) is 6.05. The molecule has 0 spiro atoms. The summed E-state index contributed by atoms with van der Waals surface area (Å²) in [5.74, 6) is -0.0234. The predicted octanol–water partition coefficient (Wildman–Crippen LogP) is 3.33. The standard InChI is InChI=1S/C14H18FNO/c1-10(16)11-7-8-14(13(15)9-11)17-12-5-3-2-4-6-12/h3,5,7-10,12H,2,4,6,16H2,1H3/t10-,12?/m0/s1. The molecule has 0 fully saturated rings. The molecule has 92 valence electrons. The van der Waals surface area contributed by atoms with Crippen molar-refractivity contribution in [1.82, 2.24) is 0 Å². The first kappa shape index (κ1) is 12.1. The Bertz CT molecular complexity index is 415. The molecule has 2 rings (SSSR count). The fourth-order valence-corrected chi connectivity index (χ4v) is 1.94. The molecule has 0 aliphatic heterocycles. The van der Waals surface area contributed by atoms with E-state index in [9.17, 15) is 4.39 Å². The van der Waals surface area contributed by atoms with Crippen molar-refractivity contribution in [2.24, 2.45) is 5.73 Å². The molecule has 1 aliphatic rings. The van der Waals surface area contributed by atoms with Crippen LogP contribution in [0.5, 0.6) is 5.75 Å². The van der Waals surface area contributed by atoms with Crippen molar-refractivity contribution in [3.63, 3.8) is 0 Å². The zero-order valence-electron chi connectivity index (χ0n) is 10.0. The van der Waals surface area contributed by atoms with Crippen molar-refractivity contribution in [1.29, 1.82) is 0 Å². The van der Waals surface area contributed by atoms with Gasteiger partial charge in [-0.05, 0) is 50.0 Å². The molecule has 1 aliphatic carbocycles. The Morgan fingerprint density at radius 1 is 1.47 bits per heavy atom. The Morgan fingerprint density at radius 3 is 2.88 bits per heavy atom. The van der Waals surface area contributed by atoms with E-state index in [1.54, 1.807) is 6.07 Å². The number of halogens is 1. The Kier molecular flexibility index (Phi) is 3.79. The maximum Gasteiger partial charge on any atom is 0.165 e. The van der Waals surface area contributed by atoms with Gasteiger partial charge in [0.05, 0.1) is 0 Å². The van der Waals surface area contributed by atoms with E-state index in [0.717, 1.165) is 24.8 Å². The molecule has 0 aromatic heterocycles. The summed E-state index contributed by atoms with van der Waals surface area (Å²) in [4.78, 5) is 0. The van der Waals surface area contributed by atoms with Crippen LogP contribution in [0.2, 0.25) is 0 Å². The van der Waals surface area contributed by atoms with Crippen LogP contribution in [0.25, 0.3) is 0 Å². The van der Waals surface area contributed by atoms with E-state index < -0.39 is 0 Å². The largest absolute Gasteiger partial charge is 0.483 e. The van der Waals surface area contributed by atoms with E-state index >= 15 is 0 Å². The van der Waals surface area contributed by atoms with Crippen LogP contribution in [-0.4, -0.2) is 6.10 Å². The van der Waals surface area contributed by atoms with Gasteiger partial charge in [-0.2, -0.15) is 0 Å². The number of hydrogen-bond donors (Lipinski definition) is 1. The highest BCUT2D eigenvalue weighted by molar-refractivity contribution is 5.31. The highest BCUT2D eigenvalue weighted by atomic mass is 19.1. The van der Waals surface area contributed by atoms with E-state index in [1.165, 1.54) is 6.07 Å². The Labute approximate surface area is 101 Å². The third kappa shape index (κ3) is 3.07. The third-order valence-corrected chi connectivity index (χ3v) is 2.97. The molecule has 3 heteroatoms. The highest BCUT2D eigenvalue weighted by Crippen LogP contribution is 2.24. The molecule has 1 unspecified atom stereocenters. The van der Waals surface area contributed by atoms with Crippen molar-refractivity contribution in [2.75, 3.05) is 0 Å². The Balaban J connectivity index is 2.10. The molecule has 17 heavy (non-hydrogen) atoms. The minimum atomic E-state index is -0.334. The number of ether oxygens (including phenoxy) is 1. The smallest absolute Gasteiger partial charge is 0.165 e. The van der Waals surface area contributed by atoms with Crippen molar-refractivity contribution >= 4 is 0 Å². The van der Waals surface area contributed by atoms with E-state index in [4.69, 9.17) is 10.5 Å². The second kappa shape index (κ2) is 5.32. The second-order valence-corrected chi connectivity index (χ2v) is 4.49. The lowest BCUT2D eigenvalue weighted by atomic mass is 10.1. The molecule has 0 amide bonds. The number of benzene rings is 1. The molecule has 2 N–H and O–H groups in total. The average Bonchev–Trinajstić information content (AvgIpc) is 2.33. The summed E-state index contributed by atoms with van der Waals surface area (Å²) in [6.45, 7) is 1.83. The van der Waals surface area contributed by atoms with Crippen LogP contribution in [0, 0.1) is 5.82 Å². The fraction of sp³-hybridized carbons (Fsp3) is 0.429. The van der Waals surface area contributed by atoms with E-state index in [1.807, 2.05) is 19.1 Å². The minimum Gasteiger partial charge on any atom is -0.483 e. The van der Waals surface area contributed by atoms with Gasteiger partial charge in [0.1, 0.15) is 6.10 Å². The van der Waals surface area contributed by atoms with E-state index in [-0.39, 0.29) is 18.0 Å². The monoisotopic (exact) mass is 235 g/mol. The number of nitrogens with two attached hydrogens (primary N) is 1. The van der Waals surface area contributed by atoms with Crippen LogP contribution in [0.1, 0.15) is 37.8 Å². The normalized spacial score (nSPS) is 21.2. The zero-order valence-corrected chi connectivity index (χ0v) is 10.0. The number of allylic oxidation sites excluding steroid dienone is 1. The van der Waals surface area contributed by atoms with Gasteiger partial charge in [0.15, 0.2) is 11.6 Å². The zero-order chi connectivity index (χ0) is 12.3. The SMILES string of the molecule is C[C@H](N)c1ccc(OC2C=CCCC2)c(F)c1. The summed E-state index contributed by atoms with van der Waals surface area (Å²) < 4.78 is 19.4. The molecule has 1 aromatic rings. The first-order chi connectivity index (χ1) is 8.16. The quantitative estimate of drug-likeness (QED) is 0.815. The van der Waals surface area contributed by atoms with Gasteiger partial charge in [-0.25, -0.2) is 4.39 Å². The summed E-state index contributed by atoms with van der Waals surface area (Å²) in [6, 6.07) is 4.77. The van der Waals surface area contributed by atoms with Gasteiger partial charge < -0.3 is 10.5 Å². The molecule has 0 heterocycles. The number of hydrogen-bond acceptors (Lipinski definition) is 2. The van der Waals surface area contributed by atoms with Gasteiger partial charge >= 0.3 is 0 Å². The van der Waals surface area contributed by atoms with Crippen LogP contribution < -0.4 is 10.5 Å². The second-order valence-electron chi connectivity index (χ2n) is 4.49. The summed E-state index contributed by atoms with van der Waals surface area (Å²) in [5, 5.41) is 0. The van der Waals surface area contributed by atoms with Gasteiger partial charge in [-0.3, -0.25) is 0 Å². The fourth-order valence-electron chi connectivity index (χ4n) is 1.94. The van der Waals surface area contributed by atoms with Crippen molar-refractivity contribution in [3.05, 3.63) is 41.7 Å². The van der Waals surface area contributed by atoms with Crippen LogP contribution in [0.3, 0.4) is 0 Å². The molecular weight excluding hydrogens is 217 g/mol. The van der Waals surface area contributed by atoms with Crippen molar-refractivity contribution in [2.45, 2.75) is 38.3 Å². The van der Waals surface area contributed by atoms with E-state index in [0.29, 0.717) is 5.75 Å². The summed E-state index contributed by atoms with van der Waals surface area (Å²) in [6.07, 6.45) is 7.22. The molecule has 1 aromatic carbocycles. The van der Waals surface area contributed by atoms with Gasteiger partial charge in [0.25, 0.3) is 0 Å². The summed E-state index contributed by atoms with van der Waals surface area (Å²) in [5.41, 5.74) is 6.48. The molecule has 0 bridgehead atoms. The Morgan fingerprint density at radius 2 is 2.29 bits per heavy atom. The molecule has 0 saturated carbocycles. The lowest BCUT2D eigenvalue weighted by Crippen LogP contribution is -2.16. The lowest BCUT2D eigenvalue weighted by molar-refractivity contribution is 0.220. The molecule has 2 nitrogen and oxygen atoms in total. The van der Waals surface area contributed by atoms with Crippen molar-refractivity contribution < 1.29 is 9.13 Å². The summed E-state index contributed by atoms with van der Waals surface area (Å²) >= 11 is 0. The minimum absolute atomic E-state index is 0.000556. The number of rotatable bonds is 3. The maximum absolute atomic E-state index is 13.8. The van der Waals surface area contributed by atoms with Crippen LogP contribution >= 0.6 is 0 Å².